The number of hydrogen-bond donors (Lipinski definition) is 1. The van der Waals surface area contributed by atoms with E-state index >= 15 is 0 Å². The predicted octanol–water partition coefficient (Wildman–Crippen LogP) is -0.676. The number of rotatable bonds is 2. The van der Waals surface area contributed by atoms with Gasteiger partial charge in [0, 0.05) is 17.4 Å². The Kier molecular flexibility index (Phi) is 7.99. The van der Waals surface area contributed by atoms with Crippen molar-refractivity contribution >= 4 is 51.3 Å². The fourth-order valence-corrected chi connectivity index (χ4v) is 2.26. The number of nitrogens with zero attached hydrogens (tertiary/aromatic N) is 1. The van der Waals surface area contributed by atoms with Crippen molar-refractivity contribution in [3.8, 4) is 0 Å². The number of amides is 4. The van der Waals surface area contributed by atoms with Crippen LogP contribution in [0.4, 0.5) is 4.79 Å². The molecule has 1 N–H and O–H groups in total. The van der Waals surface area contributed by atoms with E-state index in [1.165, 1.54) is 7.05 Å². The standard InChI is InChI=1S/C13H14N2O3.Mg.H2O4S/c1-3-13(9-7-5-4-6-8-9)10(16)14-12(18)15(2)11(13)17;;1-5(2,3)4/h4-8H,3H2,1-2H3,(H,14,16,18);;(H2,1,2,3,4)/q;+2;/p-2. The summed E-state index contributed by atoms with van der Waals surface area (Å²) in [6.07, 6.45) is 0.305. The van der Waals surface area contributed by atoms with E-state index < -0.39 is 33.7 Å². The predicted molar refractivity (Wildman–Crippen MR) is 80.9 cm³/mol. The number of likely N-dealkylation sites (N-methyl/N-ethyl adjacent to an activating group) is 1. The molecule has 24 heavy (non-hydrogen) atoms. The van der Waals surface area contributed by atoms with Gasteiger partial charge in [0.25, 0.3) is 5.91 Å². The molecule has 1 aliphatic heterocycles. The number of carbonyl (C=O) groups excluding carboxylic acids is 3. The molecule has 0 saturated carbocycles. The molecule has 0 radical (unpaired) electrons. The van der Waals surface area contributed by atoms with Crippen LogP contribution in [0.15, 0.2) is 30.3 Å². The molecule has 11 heteroatoms. The molecule has 0 aromatic heterocycles. The van der Waals surface area contributed by atoms with Gasteiger partial charge in [0.05, 0.1) is 0 Å². The molecule has 1 fully saturated rings. The zero-order chi connectivity index (χ0) is 17.8. The van der Waals surface area contributed by atoms with E-state index in [0.717, 1.165) is 4.90 Å². The molecule has 1 saturated heterocycles. The summed E-state index contributed by atoms with van der Waals surface area (Å²) >= 11 is 0. The largest absolute Gasteiger partial charge is 2.00 e. The second-order valence-electron chi connectivity index (χ2n) is 4.66. The maximum Gasteiger partial charge on any atom is 2.00 e. The third-order valence-corrected chi connectivity index (χ3v) is 3.38. The van der Waals surface area contributed by atoms with Crippen LogP contribution in [0.1, 0.15) is 18.9 Å². The molecule has 1 atom stereocenters. The molecule has 0 aliphatic carbocycles. The SMILES string of the molecule is CCC1(c2ccccc2)C(=O)NC(=O)N(C)C1=O.O=S(=O)([O-])[O-].[Mg+2]. The zero-order valence-electron chi connectivity index (χ0n) is 13.0. The van der Waals surface area contributed by atoms with Crippen LogP contribution >= 0.6 is 0 Å². The smallest absolute Gasteiger partial charge is 0.759 e. The van der Waals surface area contributed by atoms with Crippen LogP contribution in [0.5, 0.6) is 0 Å². The van der Waals surface area contributed by atoms with E-state index in [1.54, 1.807) is 31.2 Å². The van der Waals surface area contributed by atoms with Crippen LogP contribution in [0, 0.1) is 0 Å². The Hall–Kier alpha value is -1.53. The van der Waals surface area contributed by atoms with Crippen molar-refractivity contribution < 1.29 is 31.9 Å². The van der Waals surface area contributed by atoms with E-state index in [4.69, 9.17) is 17.5 Å². The van der Waals surface area contributed by atoms with E-state index in [9.17, 15) is 14.4 Å². The summed E-state index contributed by atoms with van der Waals surface area (Å²) < 4.78 is 34.1. The van der Waals surface area contributed by atoms with Crippen molar-refractivity contribution in [2.24, 2.45) is 0 Å². The third-order valence-electron chi connectivity index (χ3n) is 3.38. The first-order valence-corrected chi connectivity index (χ1v) is 7.73. The van der Waals surface area contributed by atoms with Crippen molar-refractivity contribution in [2.75, 3.05) is 7.05 Å². The second-order valence-corrected chi connectivity index (χ2v) is 5.47. The third kappa shape index (κ3) is 4.98. The molecule has 1 aromatic carbocycles. The minimum Gasteiger partial charge on any atom is -0.759 e. The van der Waals surface area contributed by atoms with E-state index in [1.807, 2.05) is 6.07 Å². The second kappa shape index (κ2) is 8.53. The summed E-state index contributed by atoms with van der Waals surface area (Å²) in [4.78, 5) is 36.9. The Bertz CT molecular complexity index is 715. The van der Waals surface area contributed by atoms with Crippen molar-refractivity contribution in [2.45, 2.75) is 18.8 Å². The van der Waals surface area contributed by atoms with E-state index in [0.29, 0.717) is 12.0 Å². The molecule has 1 unspecified atom stereocenters. The van der Waals surface area contributed by atoms with Crippen molar-refractivity contribution in [3.05, 3.63) is 35.9 Å². The fourth-order valence-electron chi connectivity index (χ4n) is 2.26. The number of carbonyl (C=O) groups is 3. The van der Waals surface area contributed by atoms with Gasteiger partial charge < -0.3 is 9.11 Å². The van der Waals surface area contributed by atoms with Crippen molar-refractivity contribution in [1.82, 2.24) is 10.2 Å². The number of imide groups is 2. The summed E-state index contributed by atoms with van der Waals surface area (Å²) in [5, 5.41) is 2.23. The van der Waals surface area contributed by atoms with Gasteiger partial charge in [0.15, 0.2) is 5.41 Å². The summed E-state index contributed by atoms with van der Waals surface area (Å²) in [5.74, 6) is -1.03. The molecule has 0 spiro atoms. The van der Waals surface area contributed by atoms with Gasteiger partial charge in [0.1, 0.15) is 0 Å². The molecule has 126 valence electrons. The Morgan fingerprint density at radius 2 is 1.58 bits per heavy atom. The van der Waals surface area contributed by atoms with E-state index in [-0.39, 0.29) is 23.1 Å². The number of urea groups is 1. The van der Waals surface area contributed by atoms with Crippen molar-refractivity contribution in [3.63, 3.8) is 0 Å². The van der Waals surface area contributed by atoms with Gasteiger partial charge >= 0.3 is 29.1 Å². The summed E-state index contributed by atoms with van der Waals surface area (Å²) in [6.45, 7) is 1.76. The van der Waals surface area contributed by atoms with Gasteiger partial charge in [-0.05, 0) is 12.0 Å². The monoisotopic (exact) mass is 366 g/mol. The number of barbiturate groups is 1. The summed E-state index contributed by atoms with van der Waals surface area (Å²) in [7, 11) is -3.79. The minimum absolute atomic E-state index is 0. The first kappa shape index (κ1) is 22.5. The van der Waals surface area contributed by atoms with Crippen LogP contribution < -0.4 is 5.32 Å². The Morgan fingerprint density at radius 1 is 1.12 bits per heavy atom. The number of hydrogen-bond acceptors (Lipinski definition) is 7. The average molecular weight is 367 g/mol. The van der Waals surface area contributed by atoms with Crippen LogP contribution in [0.3, 0.4) is 0 Å². The maximum atomic E-state index is 12.3. The average Bonchev–Trinajstić information content (AvgIpc) is 2.45. The fraction of sp³-hybridized carbons (Fsp3) is 0.308. The first-order chi connectivity index (χ1) is 10.5. The Morgan fingerprint density at radius 3 is 2.00 bits per heavy atom. The summed E-state index contributed by atoms with van der Waals surface area (Å²) in [5.41, 5.74) is -0.696. The molecule has 1 aromatic rings. The number of nitrogens with one attached hydrogen (secondary N) is 1. The topological polar surface area (TPSA) is 147 Å². The molecular formula is C13H14MgN2O7S. The van der Waals surface area contributed by atoms with Crippen LogP contribution in [-0.2, 0) is 25.4 Å². The molecular weight excluding hydrogens is 353 g/mol. The maximum absolute atomic E-state index is 12.3. The molecule has 2 rings (SSSR count). The minimum atomic E-state index is -5.17. The quantitative estimate of drug-likeness (QED) is 0.316. The van der Waals surface area contributed by atoms with Gasteiger partial charge in [-0.15, -0.1) is 0 Å². The molecule has 1 aliphatic rings. The van der Waals surface area contributed by atoms with Crippen LogP contribution in [0.25, 0.3) is 0 Å². The van der Waals surface area contributed by atoms with Crippen molar-refractivity contribution in [1.29, 1.82) is 0 Å². The number of benzene rings is 1. The molecule has 0 bridgehead atoms. The van der Waals surface area contributed by atoms with Gasteiger partial charge in [-0.25, -0.2) is 4.79 Å². The van der Waals surface area contributed by atoms with Gasteiger partial charge in [-0.1, -0.05) is 37.3 Å². The molecule has 9 nitrogen and oxygen atoms in total. The Labute approximate surface area is 155 Å². The van der Waals surface area contributed by atoms with Gasteiger partial charge in [-0.2, -0.15) is 0 Å². The van der Waals surface area contributed by atoms with Gasteiger partial charge in [-0.3, -0.25) is 28.2 Å². The zero-order valence-corrected chi connectivity index (χ0v) is 15.2. The summed E-state index contributed by atoms with van der Waals surface area (Å²) in [6, 6.07) is 8.13. The Balaban J connectivity index is 0.000000777. The van der Waals surface area contributed by atoms with Crippen LogP contribution in [0.2, 0.25) is 0 Å². The molecule has 4 amide bonds. The molecule has 1 heterocycles. The van der Waals surface area contributed by atoms with E-state index in [2.05, 4.69) is 5.32 Å². The normalized spacial score (nSPS) is 20.5. The first-order valence-electron chi connectivity index (χ1n) is 6.39. The van der Waals surface area contributed by atoms with Gasteiger partial charge in [0.2, 0.25) is 5.91 Å². The van der Waals surface area contributed by atoms with Crippen LogP contribution in [-0.4, -0.2) is 70.4 Å².